The van der Waals surface area contributed by atoms with Crippen molar-refractivity contribution in [1.29, 1.82) is 0 Å². The minimum absolute atomic E-state index is 0.00805. The minimum atomic E-state index is -4.44. The van der Waals surface area contributed by atoms with Gasteiger partial charge in [0.2, 0.25) is 5.91 Å². The van der Waals surface area contributed by atoms with Gasteiger partial charge in [-0.2, -0.15) is 13.2 Å². The zero-order chi connectivity index (χ0) is 25.0. The minimum Gasteiger partial charge on any atom is -0.381 e. The maximum atomic E-state index is 13.2. The number of alkyl halides is 3. The van der Waals surface area contributed by atoms with Crippen LogP contribution in [0.5, 0.6) is 0 Å². The molecule has 2 aliphatic heterocycles. The number of nitrogens with zero attached hydrogens (tertiary/aromatic N) is 2. The third kappa shape index (κ3) is 6.47. The Morgan fingerprint density at radius 1 is 1.14 bits per heavy atom. The van der Waals surface area contributed by atoms with Gasteiger partial charge in [0.25, 0.3) is 0 Å². The van der Waals surface area contributed by atoms with Gasteiger partial charge in [-0.05, 0) is 44.4 Å². The quantitative estimate of drug-likeness (QED) is 0.604. The molecule has 2 fully saturated rings. The monoisotopic (exact) mass is 494 g/mol. The Labute approximate surface area is 201 Å². The van der Waals surface area contributed by atoms with E-state index in [2.05, 4.69) is 20.6 Å². The van der Waals surface area contributed by atoms with Crippen molar-refractivity contribution in [3.63, 3.8) is 0 Å². The van der Waals surface area contributed by atoms with Gasteiger partial charge in [-0.15, -0.1) is 0 Å². The molecule has 35 heavy (non-hydrogen) atoms. The second-order valence-corrected chi connectivity index (χ2v) is 8.67. The topological polar surface area (TPSA) is 94.6 Å². The predicted octanol–water partition coefficient (Wildman–Crippen LogP) is 3.86. The number of carbonyl (C=O) groups is 1. The predicted molar refractivity (Wildman–Crippen MR) is 121 cm³/mol. The number of aryl methyl sites for hydroxylation is 1. The number of carbonyl (C=O) groups excluding carboxylic acids is 1. The SMILES string of the molecule is Cc1nc(CC(=O)NC2CCOCC2)c(C2OCCO2)c(N[C@H](C)c2cccc(C(F)(F)F)c2)n1. The van der Waals surface area contributed by atoms with Crippen molar-refractivity contribution in [2.75, 3.05) is 31.7 Å². The third-order valence-electron chi connectivity index (χ3n) is 5.98. The molecule has 1 aromatic heterocycles. The molecular weight excluding hydrogens is 465 g/mol. The number of ether oxygens (including phenoxy) is 3. The van der Waals surface area contributed by atoms with E-state index < -0.39 is 24.1 Å². The summed E-state index contributed by atoms with van der Waals surface area (Å²) in [5.74, 6) is 0.591. The Hall–Kier alpha value is -2.76. The smallest absolute Gasteiger partial charge is 0.381 e. The Bertz CT molecular complexity index is 1040. The van der Waals surface area contributed by atoms with Crippen molar-refractivity contribution in [2.45, 2.75) is 57.7 Å². The summed E-state index contributed by atoms with van der Waals surface area (Å²) in [6.45, 7) is 5.39. The maximum Gasteiger partial charge on any atom is 0.416 e. The van der Waals surface area contributed by atoms with Crippen LogP contribution in [0.2, 0.25) is 0 Å². The van der Waals surface area contributed by atoms with Gasteiger partial charge < -0.3 is 24.8 Å². The highest BCUT2D eigenvalue weighted by Gasteiger charge is 2.32. The Kier molecular flexibility index (Phi) is 7.88. The summed E-state index contributed by atoms with van der Waals surface area (Å²) in [5.41, 5.74) is 0.645. The van der Waals surface area contributed by atoms with Crippen LogP contribution in [0.25, 0.3) is 0 Å². The Morgan fingerprint density at radius 3 is 2.54 bits per heavy atom. The average Bonchev–Trinajstić information content (AvgIpc) is 3.33. The molecule has 1 amide bonds. The number of halogens is 3. The van der Waals surface area contributed by atoms with Crippen LogP contribution in [0.4, 0.5) is 19.0 Å². The van der Waals surface area contributed by atoms with E-state index in [1.165, 1.54) is 6.07 Å². The first-order valence-corrected chi connectivity index (χ1v) is 11.6. The number of rotatable bonds is 7. The van der Waals surface area contributed by atoms with Crippen molar-refractivity contribution >= 4 is 11.7 Å². The molecule has 8 nitrogen and oxygen atoms in total. The van der Waals surface area contributed by atoms with Gasteiger partial charge in [0.05, 0.1) is 36.5 Å². The molecule has 2 aromatic rings. The van der Waals surface area contributed by atoms with Gasteiger partial charge >= 0.3 is 6.18 Å². The number of hydrogen-bond donors (Lipinski definition) is 2. The molecule has 0 radical (unpaired) electrons. The van der Waals surface area contributed by atoms with Crippen LogP contribution in [-0.4, -0.2) is 48.3 Å². The fraction of sp³-hybridized carbons (Fsp3) is 0.542. The third-order valence-corrected chi connectivity index (χ3v) is 5.98. The highest BCUT2D eigenvalue weighted by molar-refractivity contribution is 5.79. The standard InChI is InChI=1S/C24H29F3N4O4/c1-14(16-4-3-5-17(12-16)24(25,26)27)28-22-21(23-34-10-11-35-23)19(29-15(2)30-22)13-20(32)31-18-6-8-33-9-7-18/h3-5,12,14,18,23H,6-11,13H2,1-2H3,(H,31,32)(H,28,29,30)/t14-/m1/s1. The summed E-state index contributed by atoms with van der Waals surface area (Å²) in [7, 11) is 0. The number of anilines is 1. The summed E-state index contributed by atoms with van der Waals surface area (Å²) in [6, 6.07) is 4.65. The molecular formula is C24H29F3N4O4. The first-order chi connectivity index (χ1) is 16.7. The lowest BCUT2D eigenvalue weighted by molar-refractivity contribution is -0.137. The Morgan fingerprint density at radius 2 is 1.86 bits per heavy atom. The molecule has 0 aliphatic carbocycles. The fourth-order valence-electron chi connectivity index (χ4n) is 4.20. The van der Waals surface area contributed by atoms with Crippen molar-refractivity contribution < 1.29 is 32.2 Å². The molecule has 2 aliphatic rings. The lowest BCUT2D eigenvalue weighted by Crippen LogP contribution is -2.40. The van der Waals surface area contributed by atoms with Crippen LogP contribution in [0.3, 0.4) is 0 Å². The van der Waals surface area contributed by atoms with Gasteiger partial charge in [0.15, 0.2) is 6.29 Å². The largest absolute Gasteiger partial charge is 0.416 e. The van der Waals surface area contributed by atoms with Gasteiger partial charge in [-0.25, -0.2) is 9.97 Å². The molecule has 4 rings (SSSR count). The van der Waals surface area contributed by atoms with Crippen LogP contribution in [-0.2, 0) is 31.6 Å². The van der Waals surface area contributed by atoms with Crippen LogP contribution in [0.15, 0.2) is 24.3 Å². The highest BCUT2D eigenvalue weighted by atomic mass is 19.4. The van der Waals surface area contributed by atoms with Crippen molar-refractivity contribution in [1.82, 2.24) is 15.3 Å². The molecule has 0 unspecified atom stereocenters. The average molecular weight is 495 g/mol. The molecule has 1 atom stereocenters. The lowest BCUT2D eigenvalue weighted by Gasteiger charge is -2.24. The second-order valence-electron chi connectivity index (χ2n) is 8.67. The number of hydrogen-bond acceptors (Lipinski definition) is 7. The summed E-state index contributed by atoms with van der Waals surface area (Å²) < 4.78 is 56.4. The van der Waals surface area contributed by atoms with Crippen LogP contribution in [0.1, 0.15) is 60.3 Å². The van der Waals surface area contributed by atoms with Gasteiger partial charge in [0, 0.05) is 25.3 Å². The van der Waals surface area contributed by atoms with Gasteiger partial charge in [0.1, 0.15) is 11.6 Å². The molecule has 2 N–H and O–H groups in total. The molecule has 11 heteroatoms. The summed E-state index contributed by atoms with van der Waals surface area (Å²) in [4.78, 5) is 21.8. The van der Waals surface area contributed by atoms with Gasteiger partial charge in [-0.1, -0.05) is 12.1 Å². The molecule has 0 spiro atoms. The number of amides is 1. The van der Waals surface area contributed by atoms with E-state index in [9.17, 15) is 18.0 Å². The van der Waals surface area contributed by atoms with E-state index in [0.717, 1.165) is 25.0 Å². The van der Waals surface area contributed by atoms with Crippen LogP contribution in [0, 0.1) is 6.92 Å². The fourth-order valence-corrected chi connectivity index (χ4v) is 4.20. The number of aromatic nitrogens is 2. The molecule has 190 valence electrons. The van der Waals surface area contributed by atoms with E-state index in [4.69, 9.17) is 14.2 Å². The van der Waals surface area contributed by atoms with Crippen LogP contribution < -0.4 is 10.6 Å². The highest BCUT2D eigenvalue weighted by Crippen LogP contribution is 2.35. The normalized spacial score (nSPS) is 18.4. The van der Waals surface area contributed by atoms with E-state index in [1.807, 2.05) is 0 Å². The molecule has 0 bridgehead atoms. The lowest BCUT2D eigenvalue weighted by atomic mass is 10.0. The zero-order valence-electron chi connectivity index (χ0n) is 19.7. The summed E-state index contributed by atoms with van der Waals surface area (Å²) in [6.07, 6.45) is -3.73. The molecule has 3 heterocycles. The zero-order valence-corrected chi connectivity index (χ0v) is 19.7. The second kappa shape index (κ2) is 10.9. The summed E-state index contributed by atoms with van der Waals surface area (Å²) >= 11 is 0. The van der Waals surface area contributed by atoms with E-state index in [1.54, 1.807) is 19.9 Å². The molecule has 1 aromatic carbocycles. The Balaban J connectivity index is 1.60. The van der Waals surface area contributed by atoms with E-state index >= 15 is 0 Å². The molecule has 2 saturated heterocycles. The van der Waals surface area contributed by atoms with Gasteiger partial charge in [-0.3, -0.25) is 4.79 Å². The van der Waals surface area contributed by atoms with Crippen molar-refractivity contribution in [2.24, 2.45) is 0 Å². The number of nitrogens with one attached hydrogen (secondary N) is 2. The van der Waals surface area contributed by atoms with E-state index in [-0.39, 0.29) is 18.4 Å². The molecule has 0 saturated carbocycles. The maximum absolute atomic E-state index is 13.2. The van der Waals surface area contributed by atoms with E-state index in [0.29, 0.717) is 54.9 Å². The first kappa shape index (κ1) is 25.3. The number of benzene rings is 1. The van der Waals surface area contributed by atoms with Crippen molar-refractivity contribution in [3.05, 3.63) is 52.5 Å². The summed E-state index contributed by atoms with van der Waals surface area (Å²) in [5, 5.41) is 6.21. The van der Waals surface area contributed by atoms with Crippen LogP contribution >= 0.6 is 0 Å². The van der Waals surface area contributed by atoms with Crippen molar-refractivity contribution in [3.8, 4) is 0 Å². The first-order valence-electron chi connectivity index (χ1n) is 11.6.